The summed E-state index contributed by atoms with van der Waals surface area (Å²) < 4.78 is 30.5. The molecular weight excluding hydrogens is 562 g/mol. The van der Waals surface area contributed by atoms with Crippen LogP contribution in [-0.4, -0.2) is 34.1 Å². The van der Waals surface area contributed by atoms with Gasteiger partial charge in [-0.15, -0.1) is 0 Å². The van der Waals surface area contributed by atoms with Crippen LogP contribution in [0.3, 0.4) is 0 Å². The van der Waals surface area contributed by atoms with Crippen molar-refractivity contribution in [2.75, 3.05) is 28.1 Å². The second kappa shape index (κ2) is 9.61. The maximum absolute atomic E-state index is 12.0. The van der Waals surface area contributed by atoms with Crippen molar-refractivity contribution in [2.45, 2.75) is 19.4 Å². The Morgan fingerprint density at radius 2 is 1.74 bits per heavy atom. The van der Waals surface area contributed by atoms with Crippen molar-refractivity contribution >= 4 is 38.4 Å². The molecule has 0 N–H and O–H groups in total. The number of hydrogen-bond acceptors (Lipinski definition) is 6. The molecular formula is C31H26BrNO6. The van der Waals surface area contributed by atoms with Crippen molar-refractivity contribution in [3.63, 3.8) is 0 Å². The molecule has 4 aromatic carbocycles. The molecule has 0 spiro atoms. The minimum Gasteiger partial charge on any atom is -1.00 e. The standard InChI is InChI=1S/C31H26NO6.BrH/c1-34-24-9-8-21-22-13-20(12-17-4-6-18(7-5-17)31(33)36-3)27-26-19(14-25-30(27)38-16-37-25)10-11-32(28(22)26)15-23(21)29(24)35-2;/h4-9,13-15H,10-12,16H2,1-3H3;1H/q+1;/p-1. The van der Waals surface area contributed by atoms with E-state index in [-0.39, 0.29) is 29.7 Å². The molecule has 0 atom stereocenters. The molecule has 0 aliphatic carbocycles. The predicted octanol–water partition coefficient (Wildman–Crippen LogP) is 2.12. The first kappa shape index (κ1) is 25.2. The lowest BCUT2D eigenvalue weighted by Crippen LogP contribution is -3.00. The molecule has 0 saturated carbocycles. The summed E-state index contributed by atoms with van der Waals surface area (Å²) in [6, 6.07) is 16.1. The number of hydrogen-bond donors (Lipinski definition) is 0. The molecule has 1 aromatic heterocycles. The third-order valence-corrected chi connectivity index (χ3v) is 7.71. The summed E-state index contributed by atoms with van der Waals surface area (Å²) >= 11 is 0. The first-order valence-electron chi connectivity index (χ1n) is 12.6. The molecule has 8 heteroatoms. The number of benzene rings is 4. The summed E-state index contributed by atoms with van der Waals surface area (Å²) in [6.07, 6.45) is 3.73. The Kier molecular flexibility index (Phi) is 6.22. The van der Waals surface area contributed by atoms with Crippen LogP contribution in [0.25, 0.3) is 32.4 Å². The van der Waals surface area contributed by atoms with Gasteiger partial charge in [0.15, 0.2) is 35.7 Å². The van der Waals surface area contributed by atoms with Gasteiger partial charge in [0.2, 0.25) is 12.3 Å². The first-order chi connectivity index (χ1) is 18.6. The maximum Gasteiger partial charge on any atom is 0.337 e. The molecule has 0 bridgehead atoms. The van der Waals surface area contributed by atoms with Gasteiger partial charge in [-0.2, -0.15) is 4.57 Å². The highest BCUT2D eigenvalue weighted by molar-refractivity contribution is 6.18. The van der Waals surface area contributed by atoms with E-state index in [2.05, 4.69) is 29.0 Å². The van der Waals surface area contributed by atoms with E-state index in [0.29, 0.717) is 17.7 Å². The van der Waals surface area contributed by atoms with Crippen molar-refractivity contribution in [2.24, 2.45) is 0 Å². The number of pyridine rings is 1. The fourth-order valence-electron chi connectivity index (χ4n) is 6.01. The molecule has 7 rings (SSSR count). The second-order valence-corrected chi connectivity index (χ2v) is 9.65. The molecule has 3 heterocycles. The average Bonchev–Trinajstić information content (AvgIpc) is 3.43. The number of nitrogens with zero attached hydrogens (tertiary/aromatic N) is 1. The number of aromatic nitrogens is 1. The van der Waals surface area contributed by atoms with E-state index in [1.54, 1.807) is 14.2 Å². The Morgan fingerprint density at radius 3 is 2.49 bits per heavy atom. The molecule has 7 nitrogen and oxygen atoms in total. The Balaban J connectivity index is 0.00000277. The fourth-order valence-corrected chi connectivity index (χ4v) is 6.01. The molecule has 0 unspecified atom stereocenters. The molecule has 0 amide bonds. The van der Waals surface area contributed by atoms with Crippen molar-refractivity contribution in [1.82, 2.24) is 0 Å². The van der Waals surface area contributed by atoms with Gasteiger partial charge >= 0.3 is 5.97 Å². The third-order valence-electron chi connectivity index (χ3n) is 7.71. The minimum absolute atomic E-state index is 0. The summed E-state index contributed by atoms with van der Waals surface area (Å²) in [7, 11) is 4.73. The van der Waals surface area contributed by atoms with Crippen LogP contribution in [0.1, 0.15) is 27.0 Å². The van der Waals surface area contributed by atoms with E-state index < -0.39 is 0 Å². The lowest BCUT2D eigenvalue weighted by molar-refractivity contribution is -0.670. The zero-order chi connectivity index (χ0) is 26.0. The number of rotatable bonds is 5. The van der Waals surface area contributed by atoms with Crippen LogP contribution < -0.4 is 40.5 Å². The van der Waals surface area contributed by atoms with Crippen LogP contribution in [0.2, 0.25) is 0 Å². The molecule has 5 aromatic rings. The zero-order valence-electron chi connectivity index (χ0n) is 21.8. The average molecular weight is 588 g/mol. The van der Waals surface area contributed by atoms with Gasteiger partial charge in [-0.1, -0.05) is 12.1 Å². The fraction of sp³-hybridized carbons (Fsp3) is 0.226. The van der Waals surface area contributed by atoms with E-state index in [1.165, 1.54) is 23.6 Å². The highest BCUT2D eigenvalue weighted by Crippen LogP contribution is 2.48. The van der Waals surface area contributed by atoms with Crippen LogP contribution in [0.5, 0.6) is 23.0 Å². The second-order valence-electron chi connectivity index (χ2n) is 9.65. The number of halogens is 1. The summed E-state index contributed by atoms with van der Waals surface area (Å²) in [5, 5.41) is 5.56. The van der Waals surface area contributed by atoms with E-state index in [9.17, 15) is 4.79 Å². The molecule has 2 aliphatic rings. The molecule has 2 aliphatic heterocycles. The third kappa shape index (κ3) is 3.77. The van der Waals surface area contributed by atoms with Crippen molar-refractivity contribution < 1.29 is 50.0 Å². The van der Waals surface area contributed by atoms with Gasteiger partial charge in [0.25, 0.3) is 0 Å². The van der Waals surface area contributed by atoms with Crippen LogP contribution in [0, 0.1) is 0 Å². The van der Waals surface area contributed by atoms with Crippen molar-refractivity contribution in [1.29, 1.82) is 0 Å². The molecule has 0 saturated heterocycles. The highest BCUT2D eigenvalue weighted by Gasteiger charge is 2.31. The number of aryl methyl sites for hydroxylation is 2. The number of esters is 1. The van der Waals surface area contributed by atoms with E-state index in [4.69, 9.17) is 23.7 Å². The monoisotopic (exact) mass is 587 g/mol. The Bertz CT molecular complexity index is 1800. The SMILES string of the molecule is COC(=O)c1ccc(Cc2cc3c4ccc(OC)c(OC)c4c[n+]4c3c3c(cc5c(c23)OCO5)CC4)cc1.[Br-]. The number of ether oxygens (including phenoxy) is 5. The van der Waals surface area contributed by atoms with Gasteiger partial charge in [0.1, 0.15) is 0 Å². The topological polar surface area (TPSA) is 67.1 Å². The molecule has 198 valence electrons. The van der Waals surface area contributed by atoms with Crippen LogP contribution in [0.15, 0.2) is 54.7 Å². The summed E-state index contributed by atoms with van der Waals surface area (Å²) in [6.45, 7) is 1.07. The maximum atomic E-state index is 12.0. The van der Waals surface area contributed by atoms with Crippen molar-refractivity contribution in [3.05, 3.63) is 77.0 Å². The normalized spacial score (nSPS) is 13.1. The summed E-state index contributed by atoms with van der Waals surface area (Å²) in [4.78, 5) is 12.0. The molecule has 39 heavy (non-hydrogen) atoms. The first-order valence-corrected chi connectivity index (χ1v) is 12.6. The van der Waals surface area contributed by atoms with Crippen molar-refractivity contribution in [3.8, 4) is 23.0 Å². The van der Waals surface area contributed by atoms with E-state index in [0.717, 1.165) is 62.9 Å². The molecule has 0 fully saturated rings. The number of carbonyl (C=O) groups is 1. The van der Waals surface area contributed by atoms with Crippen LogP contribution >= 0.6 is 0 Å². The van der Waals surface area contributed by atoms with E-state index >= 15 is 0 Å². The quantitative estimate of drug-likeness (QED) is 0.178. The van der Waals surface area contributed by atoms with E-state index in [1.807, 2.05) is 30.3 Å². The van der Waals surface area contributed by atoms with Gasteiger partial charge in [-0.05, 0) is 59.5 Å². The summed E-state index contributed by atoms with van der Waals surface area (Å²) in [5.41, 5.74) is 5.20. The van der Waals surface area contributed by atoms with Gasteiger partial charge in [-0.25, -0.2) is 4.79 Å². The van der Waals surface area contributed by atoms with Gasteiger partial charge in [-0.3, -0.25) is 0 Å². The summed E-state index contributed by atoms with van der Waals surface area (Å²) in [5.74, 6) is 2.69. The zero-order valence-corrected chi connectivity index (χ0v) is 23.4. The molecule has 0 radical (unpaired) electrons. The number of methoxy groups -OCH3 is 3. The Hall–Kier alpha value is -4.04. The lowest BCUT2D eigenvalue weighted by Gasteiger charge is -2.20. The predicted molar refractivity (Wildman–Crippen MR) is 143 cm³/mol. The number of carbonyl (C=O) groups excluding carboxylic acids is 1. The Labute approximate surface area is 235 Å². The van der Waals surface area contributed by atoms with Gasteiger partial charge < -0.3 is 40.7 Å². The van der Waals surface area contributed by atoms with Gasteiger partial charge in [0.05, 0.1) is 43.1 Å². The lowest BCUT2D eigenvalue weighted by atomic mass is 9.88. The highest BCUT2D eigenvalue weighted by atomic mass is 79.9. The largest absolute Gasteiger partial charge is 1.00 e. The minimum atomic E-state index is -0.344. The Morgan fingerprint density at radius 1 is 0.923 bits per heavy atom. The smallest absolute Gasteiger partial charge is 0.337 e. The van der Waals surface area contributed by atoms with Crippen LogP contribution in [0.4, 0.5) is 0 Å². The number of fused-ring (bicyclic) bond motifs is 4. The van der Waals surface area contributed by atoms with Crippen LogP contribution in [-0.2, 0) is 24.1 Å². The van der Waals surface area contributed by atoms with Gasteiger partial charge in [0, 0.05) is 17.2 Å².